The molecule has 1 atom stereocenters. The summed E-state index contributed by atoms with van der Waals surface area (Å²) >= 11 is 1.72. The van der Waals surface area contributed by atoms with Crippen molar-refractivity contribution >= 4 is 40.1 Å². The molecule has 0 fully saturated rings. The summed E-state index contributed by atoms with van der Waals surface area (Å²) in [5.41, 5.74) is 3.89. The summed E-state index contributed by atoms with van der Waals surface area (Å²) in [5.74, 6) is -0.319. The monoisotopic (exact) mass is 421 g/mol. The minimum absolute atomic E-state index is 0.0628. The van der Waals surface area contributed by atoms with Gasteiger partial charge in [0.2, 0.25) is 5.91 Å². The van der Waals surface area contributed by atoms with Gasteiger partial charge in [0.15, 0.2) is 0 Å². The van der Waals surface area contributed by atoms with Crippen molar-refractivity contribution in [1.82, 2.24) is 0 Å². The highest BCUT2D eigenvalue weighted by Crippen LogP contribution is 2.28. The first-order valence-electron chi connectivity index (χ1n) is 10.1. The maximum Gasteiger partial charge on any atom is 0.303 e. The van der Waals surface area contributed by atoms with E-state index in [-0.39, 0.29) is 18.2 Å². The van der Waals surface area contributed by atoms with Crippen LogP contribution in [0.1, 0.15) is 42.4 Å². The Morgan fingerprint density at radius 3 is 2.60 bits per heavy atom. The van der Waals surface area contributed by atoms with E-state index in [4.69, 9.17) is 5.11 Å². The van der Waals surface area contributed by atoms with Gasteiger partial charge in [0.05, 0.1) is 5.92 Å². The molecule has 0 aromatic heterocycles. The van der Waals surface area contributed by atoms with Gasteiger partial charge in [-0.05, 0) is 59.6 Å². The minimum Gasteiger partial charge on any atom is -0.481 e. The number of anilines is 1. The Morgan fingerprint density at radius 1 is 1.07 bits per heavy atom. The molecule has 5 heteroatoms. The third-order valence-corrected chi connectivity index (χ3v) is 5.89. The van der Waals surface area contributed by atoms with Crippen LogP contribution in [0.3, 0.4) is 0 Å². The number of carbonyl (C=O) groups is 2. The first-order valence-corrected chi connectivity index (χ1v) is 11.5. The number of hydrogen-bond acceptors (Lipinski definition) is 3. The van der Waals surface area contributed by atoms with Crippen molar-refractivity contribution in [2.24, 2.45) is 0 Å². The largest absolute Gasteiger partial charge is 0.481 e. The van der Waals surface area contributed by atoms with E-state index >= 15 is 0 Å². The number of hydrogen-bond donors (Lipinski definition) is 2. The van der Waals surface area contributed by atoms with Crippen molar-refractivity contribution in [1.29, 1.82) is 0 Å². The second-order valence-electron chi connectivity index (χ2n) is 7.45. The maximum absolute atomic E-state index is 13.1. The Balaban J connectivity index is 1.84. The van der Waals surface area contributed by atoms with Gasteiger partial charge in [0, 0.05) is 17.9 Å². The summed E-state index contributed by atoms with van der Waals surface area (Å²) < 4.78 is 0. The van der Waals surface area contributed by atoms with Crippen molar-refractivity contribution < 1.29 is 14.7 Å². The molecule has 0 heterocycles. The number of amides is 1. The molecule has 0 aliphatic heterocycles. The number of thioether (sulfide) groups is 1. The molecular weight excluding hydrogens is 394 g/mol. The molecule has 156 valence electrons. The van der Waals surface area contributed by atoms with Crippen LogP contribution in [0.25, 0.3) is 10.8 Å². The Morgan fingerprint density at radius 2 is 1.83 bits per heavy atom. The highest BCUT2D eigenvalue weighted by atomic mass is 32.2. The average molecular weight is 422 g/mol. The first kappa shape index (κ1) is 21.9. The van der Waals surface area contributed by atoms with Gasteiger partial charge in [0.25, 0.3) is 0 Å². The number of fused-ring (bicyclic) bond motifs is 1. The van der Waals surface area contributed by atoms with Gasteiger partial charge in [-0.25, -0.2) is 0 Å². The second-order valence-corrected chi connectivity index (χ2v) is 8.32. The average Bonchev–Trinajstić information content (AvgIpc) is 2.74. The quantitative estimate of drug-likeness (QED) is 0.455. The summed E-state index contributed by atoms with van der Waals surface area (Å²) in [6.07, 6.45) is 3.32. The number of rotatable bonds is 9. The van der Waals surface area contributed by atoms with Crippen LogP contribution in [0.4, 0.5) is 5.69 Å². The van der Waals surface area contributed by atoms with Gasteiger partial charge in [-0.3, -0.25) is 9.59 Å². The molecule has 2 N–H and O–H groups in total. The molecule has 1 unspecified atom stereocenters. The number of aliphatic carboxylic acids is 1. The molecule has 0 aliphatic carbocycles. The Bertz CT molecular complexity index is 1040. The lowest BCUT2D eigenvalue weighted by molar-refractivity contribution is -0.137. The molecule has 4 nitrogen and oxygen atoms in total. The number of carboxylic acid groups (broad SMARTS) is 1. The van der Waals surface area contributed by atoms with Gasteiger partial charge >= 0.3 is 5.97 Å². The van der Waals surface area contributed by atoms with Gasteiger partial charge < -0.3 is 10.4 Å². The molecule has 0 spiro atoms. The van der Waals surface area contributed by atoms with E-state index in [1.165, 1.54) is 0 Å². The van der Waals surface area contributed by atoms with Crippen molar-refractivity contribution in [2.45, 2.75) is 37.9 Å². The lowest BCUT2D eigenvalue weighted by atomic mass is 9.94. The van der Waals surface area contributed by atoms with Crippen molar-refractivity contribution in [3.8, 4) is 0 Å². The smallest absolute Gasteiger partial charge is 0.303 e. The summed E-state index contributed by atoms with van der Waals surface area (Å²) in [6.45, 7) is 1.92. The maximum atomic E-state index is 13.1. The molecule has 0 radical (unpaired) electrons. The summed E-state index contributed by atoms with van der Waals surface area (Å²) in [6, 6.07) is 20.2. The Labute approximate surface area is 181 Å². The van der Waals surface area contributed by atoms with Crippen LogP contribution in [0.5, 0.6) is 0 Å². The van der Waals surface area contributed by atoms with E-state index in [0.29, 0.717) is 12.8 Å². The van der Waals surface area contributed by atoms with Gasteiger partial charge in [-0.2, -0.15) is 11.8 Å². The van der Waals surface area contributed by atoms with Crippen LogP contribution in [0.2, 0.25) is 0 Å². The third kappa shape index (κ3) is 5.42. The highest BCUT2D eigenvalue weighted by Gasteiger charge is 2.19. The zero-order valence-electron chi connectivity index (χ0n) is 17.4. The minimum atomic E-state index is -0.802. The molecule has 0 saturated heterocycles. The van der Waals surface area contributed by atoms with E-state index in [1.54, 1.807) is 11.8 Å². The molecule has 30 heavy (non-hydrogen) atoms. The topological polar surface area (TPSA) is 66.4 Å². The third-order valence-electron chi connectivity index (χ3n) is 5.26. The number of carbonyl (C=O) groups excluding carboxylic acids is 1. The lowest BCUT2D eigenvalue weighted by Crippen LogP contribution is -2.20. The fourth-order valence-corrected chi connectivity index (χ4v) is 4.17. The molecule has 0 aliphatic rings. The van der Waals surface area contributed by atoms with E-state index < -0.39 is 5.97 Å². The van der Waals surface area contributed by atoms with E-state index in [9.17, 15) is 9.59 Å². The molecule has 3 aromatic rings. The number of nitrogens with one attached hydrogen (secondary N) is 1. The standard InChI is InChI=1S/C25H27NO3S/c1-17(21-11-5-8-19-7-3-4-10-22(19)21)25(29)26-23-15-18(16-30-2)13-14-20(23)9-6-12-24(27)28/h3-5,7-8,10-11,13-15,17H,6,9,12,16H2,1-2H3,(H,26,29)(H,27,28). The van der Waals surface area contributed by atoms with Crippen LogP contribution in [-0.4, -0.2) is 23.2 Å². The molecule has 0 saturated carbocycles. The summed E-state index contributed by atoms with van der Waals surface area (Å²) in [4.78, 5) is 24.0. The number of aryl methyl sites for hydroxylation is 1. The molecule has 3 aromatic carbocycles. The lowest BCUT2D eigenvalue weighted by Gasteiger charge is -2.18. The van der Waals surface area contributed by atoms with Crippen LogP contribution in [0.15, 0.2) is 60.7 Å². The molecule has 1 amide bonds. The first-order chi connectivity index (χ1) is 14.5. The van der Waals surface area contributed by atoms with Crippen LogP contribution < -0.4 is 5.32 Å². The van der Waals surface area contributed by atoms with Crippen LogP contribution >= 0.6 is 11.8 Å². The molecule has 3 rings (SSSR count). The number of carboxylic acids is 1. The van der Waals surface area contributed by atoms with Crippen molar-refractivity contribution in [3.05, 3.63) is 77.4 Å². The van der Waals surface area contributed by atoms with Crippen molar-refractivity contribution in [3.63, 3.8) is 0 Å². The van der Waals surface area contributed by atoms with Gasteiger partial charge in [-0.1, -0.05) is 54.6 Å². The van der Waals surface area contributed by atoms with Gasteiger partial charge in [0.1, 0.15) is 0 Å². The van der Waals surface area contributed by atoms with Crippen LogP contribution in [0, 0.1) is 0 Å². The SMILES string of the molecule is CSCc1ccc(CCCC(=O)O)c(NC(=O)C(C)c2cccc3ccccc23)c1. The highest BCUT2D eigenvalue weighted by molar-refractivity contribution is 7.97. The zero-order valence-corrected chi connectivity index (χ0v) is 18.2. The normalized spacial score (nSPS) is 11.9. The van der Waals surface area contributed by atoms with E-state index in [1.807, 2.05) is 55.6 Å². The molecular formula is C25H27NO3S. The predicted octanol–water partition coefficient (Wildman–Crippen LogP) is 5.85. The Hall–Kier alpha value is -2.79. The summed E-state index contributed by atoms with van der Waals surface area (Å²) in [7, 11) is 0. The van der Waals surface area contributed by atoms with E-state index in [0.717, 1.165) is 38.9 Å². The second kappa shape index (κ2) is 10.3. The van der Waals surface area contributed by atoms with Gasteiger partial charge in [-0.15, -0.1) is 0 Å². The zero-order chi connectivity index (χ0) is 21.5. The fourth-order valence-electron chi connectivity index (χ4n) is 3.65. The van der Waals surface area contributed by atoms with E-state index in [2.05, 4.69) is 23.5 Å². The fraction of sp³-hybridized carbons (Fsp3) is 0.280. The Kier molecular flexibility index (Phi) is 7.52. The van der Waals surface area contributed by atoms with Crippen LogP contribution in [-0.2, 0) is 21.8 Å². The molecule has 0 bridgehead atoms. The summed E-state index contributed by atoms with van der Waals surface area (Å²) in [5, 5.41) is 14.2. The van der Waals surface area contributed by atoms with Crippen molar-refractivity contribution in [2.75, 3.05) is 11.6 Å². The number of benzene rings is 3. The predicted molar refractivity (Wildman–Crippen MR) is 125 cm³/mol.